The summed E-state index contributed by atoms with van der Waals surface area (Å²) in [7, 11) is 0. The van der Waals surface area contributed by atoms with Crippen molar-refractivity contribution in [3.05, 3.63) is 41.7 Å². The molecule has 1 saturated heterocycles. The van der Waals surface area contributed by atoms with Crippen molar-refractivity contribution in [2.75, 3.05) is 13.2 Å². The van der Waals surface area contributed by atoms with Gasteiger partial charge in [-0.25, -0.2) is 4.98 Å². The van der Waals surface area contributed by atoms with E-state index in [1.807, 2.05) is 19.2 Å². The largest absolute Gasteiger partial charge is 0.381 e. The number of aromatic amines is 1. The molecule has 124 valence electrons. The lowest BCUT2D eigenvalue weighted by Crippen LogP contribution is -2.38. The van der Waals surface area contributed by atoms with Gasteiger partial charge in [0, 0.05) is 38.3 Å². The van der Waals surface area contributed by atoms with E-state index >= 15 is 0 Å². The third-order valence-corrected chi connectivity index (χ3v) is 4.57. The molecule has 0 saturated carbocycles. The van der Waals surface area contributed by atoms with Crippen molar-refractivity contribution >= 4 is 5.91 Å². The van der Waals surface area contributed by atoms with Crippen LogP contribution in [0.5, 0.6) is 0 Å². The van der Waals surface area contributed by atoms with Crippen LogP contribution in [-0.4, -0.2) is 33.7 Å². The number of hydrogen-bond acceptors (Lipinski definition) is 3. The first-order valence-electron chi connectivity index (χ1n) is 8.24. The first kappa shape index (κ1) is 15.8. The van der Waals surface area contributed by atoms with Crippen LogP contribution in [0.1, 0.15) is 47.7 Å². The van der Waals surface area contributed by atoms with Crippen LogP contribution >= 0.6 is 0 Å². The quantitative estimate of drug-likeness (QED) is 0.890. The van der Waals surface area contributed by atoms with E-state index in [2.05, 4.69) is 26.8 Å². The second-order valence-corrected chi connectivity index (χ2v) is 6.01. The fraction of sp³-hybridized carbons (Fsp3) is 0.529. The molecule has 2 aromatic rings. The molecule has 23 heavy (non-hydrogen) atoms. The summed E-state index contributed by atoms with van der Waals surface area (Å²) in [6.07, 6.45) is 7.43. The summed E-state index contributed by atoms with van der Waals surface area (Å²) in [5.74, 6) is 1.20. The molecule has 0 aliphatic carbocycles. The Labute approximate surface area is 136 Å². The zero-order valence-corrected chi connectivity index (χ0v) is 13.7. The fourth-order valence-electron chi connectivity index (χ4n) is 3.21. The number of H-pyrrole nitrogens is 1. The van der Waals surface area contributed by atoms with Gasteiger partial charge in [0.1, 0.15) is 11.5 Å². The summed E-state index contributed by atoms with van der Waals surface area (Å²) >= 11 is 0. The van der Waals surface area contributed by atoms with Gasteiger partial charge in [0.2, 0.25) is 0 Å². The topological polar surface area (TPSA) is 71.9 Å². The number of carbonyl (C=O) groups is 1. The summed E-state index contributed by atoms with van der Waals surface area (Å²) in [6.45, 7) is 6.34. The Kier molecular flexibility index (Phi) is 4.81. The molecule has 6 heteroatoms. The molecule has 1 fully saturated rings. The summed E-state index contributed by atoms with van der Waals surface area (Å²) in [5.41, 5.74) is 1.57. The monoisotopic (exact) mass is 316 g/mol. The van der Waals surface area contributed by atoms with Gasteiger partial charge in [0.15, 0.2) is 0 Å². The summed E-state index contributed by atoms with van der Waals surface area (Å²) in [5, 5.41) is 3.20. The summed E-state index contributed by atoms with van der Waals surface area (Å²) in [4.78, 5) is 20.2. The van der Waals surface area contributed by atoms with E-state index in [0.29, 0.717) is 11.6 Å². The van der Waals surface area contributed by atoms with E-state index < -0.39 is 0 Å². The molecule has 3 rings (SSSR count). The maximum atomic E-state index is 12.7. The van der Waals surface area contributed by atoms with Crippen molar-refractivity contribution in [1.29, 1.82) is 0 Å². The number of amides is 1. The molecule has 0 radical (unpaired) electrons. The van der Waals surface area contributed by atoms with E-state index in [4.69, 9.17) is 4.74 Å². The van der Waals surface area contributed by atoms with Crippen LogP contribution in [0.2, 0.25) is 0 Å². The van der Waals surface area contributed by atoms with Crippen LogP contribution < -0.4 is 5.32 Å². The predicted molar refractivity (Wildman–Crippen MR) is 87.2 cm³/mol. The van der Waals surface area contributed by atoms with Crippen LogP contribution in [0.15, 0.2) is 24.7 Å². The number of aryl methyl sites for hydroxylation is 2. The first-order chi connectivity index (χ1) is 11.2. The van der Waals surface area contributed by atoms with E-state index in [9.17, 15) is 4.79 Å². The molecule has 1 amide bonds. The standard InChI is InChI=1S/C17H24N4O2/c1-3-21-9-8-19-16(21)15(13-5-10-23-11-6-13)20-17(22)14-12(2)4-7-18-14/h4,7-9,13,15,18H,3,5-6,10-11H2,1-2H3,(H,20,22)/t15-/m0/s1. The zero-order valence-electron chi connectivity index (χ0n) is 13.7. The number of carbonyl (C=O) groups excluding carboxylic acids is 1. The maximum absolute atomic E-state index is 12.7. The van der Waals surface area contributed by atoms with Gasteiger partial charge in [0.05, 0.1) is 6.04 Å². The molecule has 6 nitrogen and oxygen atoms in total. The van der Waals surface area contributed by atoms with Crippen molar-refractivity contribution in [3.8, 4) is 0 Å². The van der Waals surface area contributed by atoms with Gasteiger partial charge in [0.25, 0.3) is 5.91 Å². The van der Waals surface area contributed by atoms with Crippen LogP contribution in [0.3, 0.4) is 0 Å². The smallest absolute Gasteiger partial charge is 0.268 e. The summed E-state index contributed by atoms with van der Waals surface area (Å²) < 4.78 is 7.57. The highest BCUT2D eigenvalue weighted by Gasteiger charge is 2.30. The van der Waals surface area contributed by atoms with Gasteiger partial charge in [-0.15, -0.1) is 0 Å². The van der Waals surface area contributed by atoms with Crippen LogP contribution in [0, 0.1) is 12.8 Å². The number of nitrogens with one attached hydrogen (secondary N) is 2. The Morgan fingerprint density at radius 1 is 1.52 bits per heavy atom. The molecule has 1 atom stereocenters. The lowest BCUT2D eigenvalue weighted by Gasteiger charge is -2.30. The Morgan fingerprint density at radius 3 is 2.96 bits per heavy atom. The van der Waals surface area contributed by atoms with Gasteiger partial charge in [-0.1, -0.05) is 0 Å². The molecule has 2 aromatic heterocycles. The van der Waals surface area contributed by atoms with Crippen LogP contribution in [0.25, 0.3) is 0 Å². The van der Waals surface area contributed by atoms with Crippen molar-refractivity contribution < 1.29 is 9.53 Å². The van der Waals surface area contributed by atoms with Gasteiger partial charge < -0.3 is 19.6 Å². The van der Waals surface area contributed by atoms with E-state index in [1.54, 1.807) is 12.4 Å². The molecule has 0 bridgehead atoms. The molecule has 0 aromatic carbocycles. The molecular weight excluding hydrogens is 292 g/mol. The second kappa shape index (κ2) is 7.00. The molecule has 3 heterocycles. The number of ether oxygens (including phenoxy) is 1. The molecule has 1 aliphatic heterocycles. The third-order valence-electron chi connectivity index (χ3n) is 4.57. The van der Waals surface area contributed by atoms with Crippen molar-refractivity contribution in [3.63, 3.8) is 0 Å². The minimum atomic E-state index is -0.0935. The van der Waals surface area contributed by atoms with E-state index in [0.717, 1.165) is 44.0 Å². The first-order valence-corrected chi connectivity index (χ1v) is 8.24. The number of rotatable bonds is 5. The molecule has 1 aliphatic rings. The third kappa shape index (κ3) is 3.32. The fourth-order valence-corrected chi connectivity index (χ4v) is 3.21. The number of imidazole rings is 1. The van der Waals surface area contributed by atoms with Crippen molar-refractivity contribution in [1.82, 2.24) is 19.9 Å². The highest BCUT2D eigenvalue weighted by atomic mass is 16.5. The minimum absolute atomic E-state index is 0.0744. The number of aromatic nitrogens is 3. The van der Waals surface area contributed by atoms with Crippen molar-refractivity contribution in [2.24, 2.45) is 5.92 Å². The average Bonchev–Trinajstić information content (AvgIpc) is 3.21. The Hall–Kier alpha value is -2.08. The molecule has 0 spiro atoms. The number of nitrogens with zero attached hydrogens (tertiary/aromatic N) is 2. The second-order valence-electron chi connectivity index (χ2n) is 6.01. The lowest BCUT2D eigenvalue weighted by atomic mass is 9.91. The molecule has 2 N–H and O–H groups in total. The highest BCUT2D eigenvalue weighted by molar-refractivity contribution is 5.94. The van der Waals surface area contributed by atoms with Crippen LogP contribution in [-0.2, 0) is 11.3 Å². The van der Waals surface area contributed by atoms with Crippen molar-refractivity contribution in [2.45, 2.75) is 39.3 Å². The SMILES string of the molecule is CCn1ccnc1[C@@H](NC(=O)c1[nH]ccc1C)C1CCOCC1. The number of hydrogen-bond donors (Lipinski definition) is 2. The maximum Gasteiger partial charge on any atom is 0.268 e. The Bertz CT molecular complexity index is 655. The predicted octanol–water partition coefficient (Wildman–Crippen LogP) is 2.44. The molecular formula is C17H24N4O2. The Balaban J connectivity index is 1.86. The molecule has 0 unspecified atom stereocenters. The zero-order chi connectivity index (χ0) is 16.2. The average molecular weight is 316 g/mol. The van der Waals surface area contributed by atoms with Crippen LogP contribution in [0.4, 0.5) is 0 Å². The van der Waals surface area contributed by atoms with E-state index in [-0.39, 0.29) is 11.9 Å². The van der Waals surface area contributed by atoms with Gasteiger partial charge in [-0.3, -0.25) is 4.79 Å². The normalized spacial score (nSPS) is 17.1. The lowest BCUT2D eigenvalue weighted by molar-refractivity contribution is 0.0497. The van der Waals surface area contributed by atoms with Gasteiger partial charge >= 0.3 is 0 Å². The van der Waals surface area contributed by atoms with E-state index in [1.165, 1.54) is 0 Å². The minimum Gasteiger partial charge on any atom is -0.381 e. The van der Waals surface area contributed by atoms with Gasteiger partial charge in [-0.05, 0) is 44.2 Å². The Morgan fingerprint density at radius 2 is 2.30 bits per heavy atom. The summed E-state index contributed by atoms with van der Waals surface area (Å²) in [6, 6.07) is 1.81. The highest BCUT2D eigenvalue weighted by Crippen LogP contribution is 2.29. The van der Waals surface area contributed by atoms with Gasteiger partial charge in [-0.2, -0.15) is 0 Å².